The van der Waals surface area contributed by atoms with Crippen LogP contribution in [0.4, 0.5) is 4.39 Å². The molecule has 82 valence electrons. The molecular weight excluding hydrogens is 203 g/mol. The lowest BCUT2D eigenvalue weighted by atomic mass is 9.94. The summed E-state index contributed by atoms with van der Waals surface area (Å²) in [6.45, 7) is 0.188. The zero-order chi connectivity index (χ0) is 11.2. The maximum Gasteiger partial charge on any atom is 0.123 e. The highest BCUT2D eigenvalue weighted by Crippen LogP contribution is 2.48. The lowest BCUT2D eigenvalue weighted by Gasteiger charge is -2.12. The third-order valence-electron chi connectivity index (χ3n) is 3.57. The van der Waals surface area contributed by atoms with E-state index in [9.17, 15) is 9.50 Å². The van der Waals surface area contributed by atoms with Crippen LogP contribution >= 0.6 is 0 Å². The summed E-state index contributed by atoms with van der Waals surface area (Å²) in [5.74, 6) is -0.210. The van der Waals surface area contributed by atoms with Crippen molar-refractivity contribution in [1.29, 1.82) is 0 Å². The van der Waals surface area contributed by atoms with Crippen molar-refractivity contribution in [2.24, 2.45) is 0 Å². The molecule has 0 unspecified atom stereocenters. The third-order valence-corrected chi connectivity index (χ3v) is 3.57. The summed E-state index contributed by atoms with van der Waals surface area (Å²) in [6.07, 6.45) is 2.06. The fourth-order valence-corrected chi connectivity index (χ4v) is 2.24. The number of fused-ring (bicyclic) bond motifs is 1. The molecule has 0 aromatic heterocycles. The van der Waals surface area contributed by atoms with Crippen molar-refractivity contribution in [3.63, 3.8) is 0 Å². The van der Waals surface area contributed by atoms with E-state index in [-0.39, 0.29) is 17.8 Å². The minimum atomic E-state index is -0.210. The molecule has 2 aromatic rings. The van der Waals surface area contributed by atoms with Crippen LogP contribution in [-0.4, -0.2) is 11.7 Å². The first-order valence-corrected chi connectivity index (χ1v) is 5.54. The molecule has 0 heterocycles. The van der Waals surface area contributed by atoms with Crippen molar-refractivity contribution < 1.29 is 9.50 Å². The SMILES string of the molecule is OCC1(c2ccc3ccc(F)cc3c2)CC1. The normalized spacial score (nSPS) is 17.6. The number of halogens is 1. The molecule has 1 fully saturated rings. The Hall–Kier alpha value is -1.41. The van der Waals surface area contributed by atoms with Gasteiger partial charge < -0.3 is 5.11 Å². The Morgan fingerprint density at radius 1 is 1.06 bits per heavy atom. The Labute approximate surface area is 93.5 Å². The van der Waals surface area contributed by atoms with Gasteiger partial charge in [-0.15, -0.1) is 0 Å². The monoisotopic (exact) mass is 216 g/mol. The smallest absolute Gasteiger partial charge is 0.123 e. The molecule has 0 spiro atoms. The topological polar surface area (TPSA) is 20.2 Å². The molecular formula is C14H13FO. The second-order valence-corrected chi connectivity index (χ2v) is 4.64. The van der Waals surface area contributed by atoms with Crippen LogP contribution in [0.3, 0.4) is 0 Å². The predicted octanol–water partition coefficient (Wildman–Crippen LogP) is 3.00. The highest BCUT2D eigenvalue weighted by atomic mass is 19.1. The molecule has 1 nitrogen and oxygen atoms in total. The van der Waals surface area contributed by atoms with Crippen LogP contribution in [0.15, 0.2) is 36.4 Å². The molecule has 2 heteroatoms. The van der Waals surface area contributed by atoms with Crippen LogP contribution in [0.1, 0.15) is 18.4 Å². The highest BCUT2D eigenvalue weighted by Gasteiger charge is 2.43. The van der Waals surface area contributed by atoms with Gasteiger partial charge in [0.2, 0.25) is 0 Å². The first-order valence-electron chi connectivity index (χ1n) is 5.54. The van der Waals surface area contributed by atoms with Gasteiger partial charge in [0, 0.05) is 5.41 Å². The average molecular weight is 216 g/mol. The van der Waals surface area contributed by atoms with Gasteiger partial charge in [0.15, 0.2) is 0 Å². The van der Waals surface area contributed by atoms with Crippen molar-refractivity contribution in [2.75, 3.05) is 6.61 Å². The zero-order valence-electron chi connectivity index (χ0n) is 8.91. The second-order valence-electron chi connectivity index (χ2n) is 4.64. The summed E-state index contributed by atoms with van der Waals surface area (Å²) >= 11 is 0. The number of hydrogen-bond acceptors (Lipinski definition) is 1. The standard InChI is InChI=1S/C14H13FO/c15-13-4-2-10-1-3-12(7-11(10)8-13)14(9-16)5-6-14/h1-4,7-8,16H,5-6,9H2. The Morgan fingerprint density at radius 2 is 1.81 bits per heavy atom. The van der Waals surface area contributed by atoms with Gasteiger partial charge in [-0.2, -0.15) is 0 Å². The van der Waals surface area contributed by atoms with Crippen LogP contribution in [-0.2, 0) is 5.41 Å². The summed E-state index contributed by atoms with van der Waals surface area (Å²) < 4.78 is 13.1. The van der Waals surface area contributed by atoms with E-state index in [2.05, 4.69) is 0 Å². The van der Waals surface area contributed by atoms with E-state index in [0.717, 1.165) is 29.2 Å². The lowest BCUT2D eigenvalue weighted by Crippen LogP contribution is -2.11. The van der Waals surface area contributed by atoms with Gasteiger partial charge in [-0.25, -0.2) is 4.39 Å². The van der Waals surface area contributed by atoms with Gasteiger partial charge in [0.05, 0.1) is 6.61 Å². The molecule has 0 atom stereocenters. The minimum absolute atomic E-state index is 0.0412. The molecule has 1 aliphatic rings. The van der Waals surface area contributed by atoms with E-state index < -0.39 is 0 Å². The van der Waals surface area contributed by atoms with Gasteiger partial charge in [-0.1, -0.05) is 24.3 Å². The van der Waals surface area contributed by atoms with Crippen LogP contribution < -0.4 is 0 Å². The summed E-state index contributed by atoms with van der Waals surface area (Å²) in [5, 5.41) is 11.3. The van der Waals surface area contributed by atoms with Gasteiger partial charge in [0.25, 0.3) is 0 Å². The molecule has 16 heavy (non-hydrogen) atoms. The van der Waals surface area contributed by atoms with E-state index >= 15 is 0 Å². The van der Waals surface area contributed by atoms with Crippen LogP contribution in [0, 0.1) is 5.82 Å². The molecule has 1 aliphatic carbocycles. The summed E-state index contributed by atoms with van der Waals surface area (Å²) in [4.78, 5) is 0. The summed E-state index contributed by atoms with van der Waals surface area (Å²) in [6, 6.07) is 10.9. The zero-order valence-corrected chi connectivity index (χ0v) is 8.91. The van der Waals surface area contributed by atoms with E-state index in [1.165, 1.54) is 6.07 Å². The Kier molecular flexibility index (Phi) is 2.01. The van der Waals surface area contributed by atoms with Crippen molar-refractivity contribution in [1.82, 2.24) is 0 Å². The molecule has 1 saturated carbocycles. The van der Waals surface area contributed by atoms with Gasteiger partial charge in [0.1, 0.15) is 5.82 Å². The molecule has 3 rings (SSSR count). The number of aliphatic hydroxyl groups excluding tert-OH is 1. The molecule has 0 saturated heterocycles. The van der Waals surface area contributed by atoms with E-state index in [0.29, 0.717) is 0 Å². The van der Waals surface area contributed by atoms with Gasteiger partial charge >= 0.3 is 0 Å². The number of aliphatic hydroxyl groups is 1. The van der Waals surface area contributed by atoms with Crippen molar-refractivity contribution >= 4 is 10.8 Å². The molecule has 0 amide bonds. The van der Waals surface area contributed by atoms with Gasteiger partial charge in [-0.3, -0.25) is 0 Å². The summed E-state index contributed by atoms with van der Waals surface area (Å²) in [5.41, 5.74) is 1.09. The second kappa shape index (κ2) is 3.29. The maximum atomic E-state index is 13.1. The van der Waals surface area contributed by atoms with Crippen LogP contribution in [0.2, 0.25) is 0 Å². The van der Waals surface area contributed by atoms with Crippen LogP contribution in [0.5, 0.6) is 0 Å². The fourth-order valence-electron chi connectivity index (χ4n) is 2.24. The Balaban J connectivity index is 2.15. The van der Waals surface area contributed by atoms with E-state index in [1.54, 1.807) is 12.1 Å². The van der Waals surface area contributed by atoms with Crippen molar-refractivity contribution in [2.45, 2.75) is 18.3 Å². The summed E-state index contributed by atoms with van der Waals surface area (Å²) in [7, 11) is 0. The fraction of sp³-hybridized carbons (Fsp3) is 0.286. The largest absolute Gasteiger partial charge is 0.395 e. The number of hydrogen-bond donors (Lipinski definition) is 1. The Bertz CT molecular complexity index is 543. The molecule has 0 bridgehead atoms. The van der Waals surface area contributed by atoms with Crippen molar-refractivity contribution in [3.8, 4) is 0 Å². The minimum Gasteiger partial charge on any atom is -0.395 e. The number of benzene rings is 2. The predicted molar refractivity (Wildman–Crippen MR) is 61.9 cm³/mol. The maximum absolute atomic E-state index is 13.1. The first-order chi connectivity index (χ1) is 7.73. The van der Waals surface area contributed by atoms with Crippen molar-refractivity contribution in [3.05, 3.63) is 47.8 Å². The number of rotatable bonds is 2. The third kappa shape index (κ3) is 1.41. The molecule has 1 N–H and O–H groups in total. The average Bonchev–Trinajstić information content (AvgIpc) is 3.09. The van der Waals surface area contributed by atoms with E-state index in [1.807, 2.05) is 18.2 Å². The molecule has 0 radical (unpaired) electrons. The molecule has 2 aromatic carbocycles. The Morgan fingerprint density at radius 3 is 2.50 bits per heavy atom. The van der Waals surface area contributed by atoms with Crippen LogP contribution in [0.25, 0.3) is 10.8 Å². The van der Waals surface area contributed by atoms with Gasteiger partial charge in [-0.05, 0) is 41.3 Å². The quantitative estimate of drug-likeness (QED) is 0.818. The highest BCUT2D eigenvalue weighted by molar-refractivity contribution is 5.83. The first kappa shape index (κ1) is 9.79. The lowest BCUT2D eigenvalue weighted by molar-refractivity contribution is 0.255. The molecule has 0 aliphatic heterocycles. The van der Waals surface area contributed by atoms with E-state index in [4.69, 9.17) is 0 Å².